The smallest absolute Gasteiger partial charge is 0.406 e. The average molecular weight is 447 g/mol. The third-order valence-electron chi connectivity index (χ3n) is 3.88. The summed E-state index contributed by atoms with van der Waals surface area (Å²) in [5.74, 6) is -0.252. The quantitative estimate of drug-likeness (QED) is 0.513. The Bertz CT molecular complexity index is 746. The van der Waals surface area contributed by atoms with Crippen molar-refractivity contribution in [1.82, 2.24) is 4.90 Å². The number of rotatable bonds is 4. The molecule has 0 amide bonds. The molecule has 3 rings (SSSR count). The number of carbonyl (C=O) groups excluding carboxylic acids is 1. The fourth-order valence-electron chi connectivity index (χ4n) is 2.89. The van der Waals surface area contributed by atoms with Crippen molar-refractivity contribution in [2.24, 2.45) is 0 Å². The Morgan fingerprint density at radius 2 is 1.92 bits per heavy atom. The van der Waals surface area contributed by atoms with Crippen LogP contribution >= 0.6 is 22.6 Å². The van der Waals surface area contributed by atoms with Crippen molar-refractivity contribution in [2.75, 3.05) is 0 Å². The maximum absolute atomic E-state index is 12.2. The van der Waals surface area contributed by atoms with E-state index in [2.05, 4.69) is 27.3 Å². The normalized spacial score (nSPS) is 17.6. The number of benzene rings is 2. The lowest BCUT2D eigenvalue weighted by atomic mass is 10.1. The Balaban J connectivity index is 1.75. The van der Waals surface area contributed by atoms with Crippen LogP contribution in [0.1, 0.15) is 22.7 Å². The summed E-state index contributed by atoms with van der Waals surface area (Å²) in [4.78, 5) is 13.5. The number of ether oxygens (including phenoxy) is 1. The Hall–Kier alpha value is -1.61. The standard InChI is InChI=1S/C17H13F3INO2/c18-17(19,20)24-13-6-4-11(5-7-13)8-22-9-12-2-1-3-14(21)16(12)15(22)10-23/h1-7,10,15H,8-9H2. The molecule has 2 aromatic carbocycles. The molecule has 24 heavy (non-hydrogen) atoms. The Morgan fingerprint density at radius 3 is 2.54 bits per heavy atom. The number of alkyl halides is 3. The van der Waals surface area contributed by atoms with Crippen LogP contribution in [0.15, 0.2) is 42.5 Å². The molecule has 0 bridgehead atoms. The van der Waals surface area contributed by atoms with Gasteiger partial charge in [0.25, 0.3) is 0 Å². The van der Waals surface area contributed by atoms with Crippen LogP contribution in [0.5, 0.6) is 5.75 Å². The van der Waals surface area contributed by atoms with Crippen molar-refractivity contribution in [2.45, 2.75) is 25.5 Å². The van der Waals surface area contributed by atoms with Crippen LogP contribution in [0.2, 0.25) is 0 Å². The molecule has 0 fully saturated rings. The fraction of sp³-hybridized carbons (Fsp3) is 0.235. The van der Waals surface area contributed by atoms with Gasteiger partial charge in [-0.1, -0.05) is 24.3 Å². The summed E-state index contributed by atoms with van der Waals surface area (Å²) in [6.07, 6.45) is -3.79. The van der Waals surface area contributed by atoms with Crippen LogP contribution in [-0.4, -0.2) is 17.5 Å². The van der Waals surface area contributed by atoms with Gasteiger partial charge in [0.2, 0.25) is 0 Å². The van der Waals surface area contributed by atoms with Gasteiger partial charge in [0.15, 0.2) is 0 Å². The van der Waals surface area contributed by atoms with Gasteiger partial charge in [0, 0.05) is 16.7 Å². The monoisotopic (exact) mass is 447 g/mol. The molecule has 126 valence electrons. The molecule has 2 aromatic rings. The number of halogens is 4. The lowest BCUT2D eigenvalue weighted by molar-refractivity contribution is -0.274. The van der Waals surface area contributed by atoms with Crippen molar-refractivity contribution in [3.05, 3.63) is 62.7 Å². The van der Waals surface area contributed by atoms with Gasteiger partial charge in [0.1, 0.15) is 12.0 Å². The van der Waals surface area contributed by atoms with Gasteiger partial charge >= 0.3 is 6.36 Å². The summed E-state index contributed by atoms with van der Waals surface area (Å²) >= 11 is 2.21. The van der Waals surface area contributed by atoms with Gasteiger partial charge in [0.05, 0.1) is 6.04 Å². The SMILES string of the molecule is O=CC1c2c(I)cccc2CN1Cc1ccc(OC(F)(F)F)cc1. The zero-order valence-electron chi connectivity index (χ0n) is 12.4. The summed E-state index contributed by atoms with van der Waals surface area (Å²) in [5.41, 5.74) is 2.94. The van der Waals surface area contributed by atoms with Gasteiger partial charge < -0.3 is 9.53 Å². The number of fused-ring (bicyclic) bond motifs is 1. The topological polar surface area (TPSA) is 29.5 Å². The third-order valence-corrected chi connectivity index (χ3v) is 4.82. The molecule has 1 unspecified atom stereocenters. The van der Waals surface area contributed by atoms with E-state index in [1.165, 1.54) is 12.1 Å². The zero-order chi connectivity index (χ0) is 17.3. The lowest BCUT2D eigenvalue weighted by Gasteiger charge is -2.21. The lowest BCUT2D eigenvalue weighted by Crippen LogP contribution is -2.23. The van der Waals surface area contributed by atoms with Crippen molar-refractivity contribution in [1.29, 1.82) is 0 Å². The molecule has 1 aliphatic heterocycles. The molecule has 0 N–H and O–H groups in total. The fourth-order valence-corrected chi connectivity index (χ4v) is 3.76. The first kappa shape index (κ1) is 17.2. The van der Waals surface area contributed by atoms with Gasteiger partial charge in [-0.25, -0.2) is 0 Å². The molecule has 0 aliphatic carbocycles. The summed E-state index contributed by atoms with van der Waals surface area (Å²) in [6, 6.07) is 11.3. The zero-order valence-corrected chi connectivity index (χ0v) is 14.5. The molecule has 1 heterocycles. The average Bonchev–Trinajstić information content (AvgIpc) is 2.86. The molecule has 7 heteroatoms. The maximum atomic E-state index is 12.2. The summed E-state index contributed by atoms with van der Waals surface area (Å²) < 4.78 is 41.5. The van der Waals surface area contributed by atoms with Crippen LogP contribution in [0.3, 0.4) is 0 Å². The first-order valence-electron chi connectivity index (χ1n) is 7.19. The number of hydrogen-bond acceptors (Lipinski definition) is 3. The van der Waals surface area contributed by atoms with Gasteiger partial charge in [-0.3, -0.25) is 4.90 Å². The van der Waals surface area contributed by atoms with Gasteiger partial charge in [-0.15, -0.1) is 13.2 Å². The highest BCUT2D eigenvalue weighted by atomic mass is 127. The summed E-state index contributed by atoms with van der Waals surface area (Å²) in [7, 11) is 0. The second kappa shape index (κ2) is 6.72. The number of carbonyl (C=O) groups is 1. The molecule has 3 nitrogen and oxygen atoms in total. The molecule has 1 atom stereocenters. The molecular weight excluding hydrogens is 434 g/mol. The van der Waals surface area contributed by atoms with E-state index in [0.717, 1.165) is 26.5 Å². The molecule has 0 aromatic heterocycles. The first-order valence-corrected chi connectivity index (χ1v) is 8.26. The van der Waals surface area contributed by atoms with Gasteiger partial charge in [-0.2, -0.15) is 0 Å². The first-order chi connectivity index (χ1) is 11.4. The van der Waals surface area contributed by atoms with Gasteiger partial charge in [-0.05, 0) is 57.5 Å². The highest BCUT2D eigenvalue weighted by Crippen LogP contribution is 2.36. The van der Waals surface area contributed by atoms with Crippen LogP contribution in [-0.2, 0) is 17.9 Å². The second-order valence-electron chi connectivity index (χ2n) is 5.49. The van der Waals surface area contributed by atoms with E-state index in [1.807, 2.05) is 23.1 Å². The minimum Gasteiger partial charge on any atom is -0.406 e. The van der Waals surface area contributed by atoms with Crippen molar-refractivity contribution in [3.63, 3.8) is 0 Å². The highest BCUT2D eigenvalue weighted by Gasteiger charge is 2.32. The molecule has 1 aliphatic rings. The van der Waals surface area contributed by atoms with E-state index in [4.69, 9.17) is 0 Å². The van der Waals surface area contributed by atoms with Crippen molar-refractivity contribution < 1.29 is 22.7 Å². The van der Waals surface area contributed by atoms with Crippen molar-refractivity contribution in [3.8, 4) is 5.75 Å². The van der Waals surface area contributed by atoms with E-state index in [1.54, 1.807) is 12.1 Å². The number of nitrogens with zero attached hydrogens (tertiary/aromatic N) is 1. The molecule has 0 radical (unpaired) electrons. The highest BCUT2D eigenvalue weighted by molar-refractivity contribution is 14.1. The molecule has 0 saturated carbocycles. The summed E-state index contributed by atoms with van der Waals surface area (Å²) in [5, 5.41) is 0. The van der Waals surface area contributed by atoms with E-state index in [0.29, 0.717) is 13.1 Å². The van der Waals surface area contributed by atoms with Crippen LogP contribution < -0.4 is 4.74 Å². The summed E-state index contributed by atoms with van der Waals surface area (Å²) in [6.45, 7) is 1.11. The van der Waals surface area contributed by atoms with E-state index >= 15 is 0 Å². The second-order valence-corrected chi connectivity index (χ2v) is 6.65. The Morgan fingerprint density at radius 1 is 1.21 bits per heavy atom. The van der Waals surface area contributed by atoms with Crippen molar-refractivity contribution >= 4 is 28.9 Å². The number of hydrogen-bond donors (Lipinski definition) is 0. The Kier molecular flexibility index (Phi) is 4.82. The molecule has 0 saturated heterocycles. The predicted octanol–water partition coefficient (Wildman–Crippen LogP) is 4.45. The number of aldehydes is 1. The molecular formula is C17H13F3INO2. The van der Waals surface area contributed by atoms with E-state index < -0.39 is 6.36 Å². The Labute approximate surface area is 150 Å². The van der Waals surface area contributed by atoms with Crippen LogP contribution in [0, 0.1) is 3.57 Å². The maximum Gasteiger partial charge on any atom is 0.573 e. The van der Waals surface area contributed by atoms with Crippen LogP contribution in [0.25, 0.3) is 0 Å². The largest absolute Gasteiger partial charge is 0.573 e. The van der Waals surface area contributed by atoms with E-state index in [9.17, 15) is 18.0 Å². The molecule has 0 spiro atoms. The predicted molar refractivity (Wildman–Crippen MR) is 90.3 cm³/mol. The van der Waals surface area contributed by atoms with E-state index in [-0.39, 0.29) is 11.8 Å². The minimum atomic E-state index is -4.70. The third kappa shape index (κ3) is 3.72. The minimum absolute atomic E-state index is 0.252. The van der Waals surface area contributed by atoms with Crippen LogP contribution in [0.4, 0.5) is 13.2 Å².